The summed E-state index contributed by atoms with van der Waals surface area (Å²) < 4.78 is 3.60. The van der Waals surface area contributed by atoms with E-state index in [1.165, 1.54) is 55.6 Å². The molecule has 0 bridgehead atoms. The van der Waals surface area contributed by atoms with Crippen LogP contribution in [-0.4, -0.2) is 19.6 Å². The van der Waals surface area contributed by atoms with Gasteiger partial charge in [0.1, 0.15) is 0 Å². The molecule has 0 aromatic heterocycles. The monoisotopic (exact) mass is 604 g/mol. The zero-order chi connectivity index (χ0) is 30.0. The van der Waals surface area contributed by atoms with Crippen LogP contribution < -0.4 is 0 Å². The quantitative estimate of drug-likeness (QED) is 0.136. The first-order chi connectivity index (χ1) is 21.0. The van der Waals surface area contributed by atoms with Gasteiger partial charge in [0, 0.05) is 0 Å². The van der Waals surface area contributed by atoms with Crippen molar-refractivity contribution in [2.75, 3.05) is 0 Å². The van der Waals surface area contributed by atoms with E-state index in [0.717, 1.165) is 0 Å². The third-order valence-electron chi connectivity index (χ3n) is 6.83. The van der Waals surface area contributed by atoms with Gasteiger partial charge in [-0.25, -0.2) is 4.31 Å². The molecule has 0 saturated heterocycles. The summed E-state index contributed by atoms with van der Waals surface area (Å²) in [5.74, 6) is 0. The van der Waals surface area contributed by atoms with Gasteiger partial charge in [-0.05, 0) is 61.7 Å². The lowest BCUT2D eigenvalue weighted by Crippen LogP contribution is -1.98. The van der Waals surface area contributed by atoms with E-state index >= 15 is 0 Å². The molecule has 0 aliphatic carbocycles. The fourth-order valence-corrected chi connectivity index (χ4v) is 5.66. The van der Waals surface area contributed by atoms with Gasteiger partial charge in [0.15, 0.2) is 0 Å². The van der Waals surface area contributed by atoms with Gasteiger partial charge in [0.2, 0.25) is 0 Å². The second kappa shape index (κ2) is 14.9. The van der Waals surface area contributed by atoms with E-state index in [1.807, 2.05) is 0 Å². The Kier molecular flexibility index (Phi) is 10.6. The minimum absolute atomic E-state index is 1.21. The van der Waals surface area contributed by atoms with Gasteiger partial charge in [-0.2, -0.15) is 0 Å². The highest BCUT2D eigenvalue weighted by Crippen LogP contribution is 2.50. The fourth-order valence-electron chi connectivity index (χ4n) is 5.14. The molecule has 6 rings (SSSR count). The molecule has 0 radical (unpaired) electrons. The van der Waals surface area contributed by atoms with Crippen molar-refractivity contribution in [2.24, 2.45) is 0 Å². The molecule has 5 nitrogen and oxygen atoms in total. The summed E-state index contributed by atoms with van der Waals surface area (Å²) in [6, 6.07) is 56.4. The van der Waals surface area contributed by atoms with E-state index in [4.69, 9.17) is 19.6 Å². The van der Waals surface area contributed by atoms with Crippen LogP contribution in [0.1, 0.15) is 0 Å². The Balaban J connectivity index is 0.000000472. The molecule has 0 heterocycles. The summed E-state index contributed by atoms with van der Waals surface area (Å²) in [7, 11) is -5.22. The number of hydrogen-bond acceptors (Lipinski definition) is 5. The van der Waals surface area contributed by atoms with Gasteiger partial charge >= 0.3 is 17.2 Å². The maximum atomic E-state index is 7.82. The Morgan fingerprint density at radius 1 is 0.326 bits per heavy atom. The van der Waals surface area contributed by atoms with Crippen molar-refractivity contribution < 1.29 is 23.9 Å². The van der Waals surface area contributed by atoms with Gasteiger partial charge < -0.3 is 19.6 Å². The number of hydrogen-bond donors (Lipinski definition) is 4. The van der Waals surface area contributed by atoms with E-state index in [-0.39, 0.29) is 0 Å². The fraction of sp³-hybridized carbons (Fsp3) is 0. The Morgan fingerprint density at radius 3 is 0.837 bits per heavy atom. The lowest BCUT2D eigenvalue weighted by atomic mass is 9.79. The third-order valence-corrected chi connectivity index (χ3v) is 8.00. The van der Waals surface area contributed by atoms with E-state index in [1.54, 1.807) is 0 Å². The summed E-state index contributed by atoms with van der Waals surface area (Å²) in [6.07, 6.45) is 0. The van der Waals surface area contributed by atoms with Crippen LogP contribution in [0.15, 0.2) is 158 Å². The normalized spacial score (nSPS) is 10.8. The zero-order valence-electron chi connectivity index (χ0n) is 23.1. The van der Waals surface area contributed by atoms with E-state index in [0.29, 0.717) is 0 Å². The predicted octanol–water partition coefficient (Wildman–Crippen LogP) is 9.45. The van der Waals surface area contributed by atoms with Gasteiger partial charge in [-0.1, -0.05) is 152 Å². The van der Waals surface area contributed by atoms with Crippen LogP contribution in [0.5, 0.6) is 0 Å². The van der Waals surface area contributed by atoms with Gasteiger partial charge in [0.25, 0.3) is 0 Å². The third kappa shape index (κ3) is 7.69. The average Bonchev–Trinajstić information content (AvgIpc) is 3.05. The first-order valence-electron chi connectivity index (χ1n) is 13.5. The van der Waals surface area contributed by atoms with Crippen molar-refractivity contribution in [1.29, 1.82) is 0 Å². The number of rotatable bonds is 7. The van der Waals surface area contributed by atoms with E-state index in [9.17, 15) is 0 Å². The molecule has 0 aliphatic heterocycles. The molecule has 6 aromatic rings. The van der Waals surface area contributed by atoms with Crippen LogP contribution >= 0.6 is 17.2 Å². The largest absolute Gasteiger partial charge is 0.334 e. The molecule has 6 aromatic carbocycles. The molecule has 0 atom stereocenters. The van der Waals surface area contributed by atoms with Crippen LogP contribution in [0.2, 0.25) is 0 Å². The minimum Gasteiger partial charge on any atom is -0.328 e. The molecule has 0 spiro atoms. The van der Waals surface area contributed by atoms with Crippen molar-refractivity contribution in [2.45, 2.75) is 0 Å². The first kappa shape index (κ1) is 30.4. The van der Waals surface area contributed by atoms with Crippen LogP contribution in [0.4, 0.5) is 0 Å². The smallest absolute Gasteiger partial charge is 0.328 e. The summed E-state index contributed by atoms with van der Waals surface area (Å²) in [5, 5.41) is 0. The zero-order valence-corrected chi connectivity index (χ0v) is 24.9. The highest BCUT2D eigenvalue weighted by atomic mass is 31.2. The molecule has 7 heteroatoms. The standard InChI is InChI=1S/C36H26.H4O5P2/c1-6-16-27(17-7-1)32-26-33(28-18-8-2-9-19-28)35(30-22-12-4-13-23-30)36(31-24-14-5-15-25-31)34(32)29-20-10-3-11-21-29;1-6(2)5-7(3)4/h1-26H;1-4H. The van der Waals surface area contributed by atoms with Crippen molar-refractivity contribution in [3.05, 3.63) is 158 Å². The molecule has 4 N–H and O–H groups in total. The maximum Gasteiger partial charge on any atom is 0.334 e. The van der Waals surface area contributed by atoms with Crippen molar-refractivity contribution in [3.8, 4) is 55.6 Å². The molecule has 0 fully saturated rings. The van der Waals surface area contributed by atoms with Crippen LogP contribution in [0.3, 0.4) is 0 Å². The second-order valence-electron chi connectivity index (χ2n) is 9.51. The Labute approximate surface area is 254 Å². The summed E-state index contributed by atoms with van der Waals surface area (Å²) in [6.45, 7) is 0. The summed E-state index contributed by atoms with van der Waals surface area (Å²) in [4.78, 5) is 31.3. The molecule has 0 unspecified atom stereocenters. The lowest BCUT2D eigenvalue weighted by Gasteiger charge is -2.24. The van der Waals surface area contributed by atoms with Gasteiger partial charge in [-0.3, -0.25) is 0 Å². The Bertz CT molecular complexity index is 1610. The van der Waals surface area contributed by atoms with Crippen molar-refractivity contribution in [3.63, 3.8) is 0 Å². The Morgan fingerprint density at radius 2 is 0.581 bits per heavy atom. The van der Waals surface area contributed by atoms with Crippen LogP contribution in [0, 0.1) is 0 Å². The predicted molar refractivity (Wildman–Crippen MR) is 177 cm³/mol. The first-order valence-corrected chi connectivity index (χ1v) is 15.9. The average molecular weight is 605 g/mol. The van der Waals surface area contributed by atoms with Gasteiger partial charge in [0.05, 0.1) is 0 Å². The molecule has 43 heavy (non-hydrogen) atoms. The SMILES string of the molecule is OP(O)OP(O)O.c1ccc(-c2cc(-c3ccccc3)c(-c3ccccc3)c(-c3ccccc3)c2-c2ccccc2)cc1. The molecular formula is C36H30O5P2. The van der Waals surface area contributed by atoms with E-state index < -0.39 is 17.2 Å². The molecule has 0 aliphatic rings. The molecule has 0 amide bonds. The molecule has 0 saturated carbocycles. The molecular weight excluding hydrogens is 574 g/mol. The van der Waals surface area contributed by atoms with Crippen molar-refractivity contribution in [1.82, 2.24) is 0 Å². The highest BCUT2D eigenvalue weighted by Gasteiger charge is 2.23. The van der Waals surface area contributed by atoms with Crippen LogP contribution in [0.25, 0.3) is 55.6 Å². The van der Waals surface area contributed by atoms with Crippen LogP contribution in [-0.2, 0) is 4.31 Å². The molecule has 214 valence electrons. The second-order valence-corrected chi connectivity index (χ2v) is 11.2. The van der Waals surface area contributed by atoms with E-state index in [2.05, 4.69) is 162 Å². The Hall–Kier alpha value is -4.02. The summed E-state index contributed by atoms with van der Waals surface area (Å²) >= 11 is 0. The van der Waals surface area contributed by atoms with Gasteiger partial charge in [-0.15, -0.1) is 0 Å². The maximum absolute atomic E-state index is 7.82. The lowest BCUT2D eigenvalue weighted by molar-refractivity contribution is 0.324. The number of benzene rings is 6. The van der Waals surface area contributed by atoms with Crippen molar-refractivity contribution >= 4 is 17.2 Å². The topological polar surface area (TPSA) is 90.2 Å². The minimum atomic E-state index is -2.61. The highest BCUT2D eigenvalue weighted by molar-refractivity contribution is 7.53. The summed E-state index contributed by atoms with van der Waals surface area (Å²) in [5.41, 5.74) is 12.3.